The summed E-state index contributed by atoms with van der Waals surface area (Å²) in [5, 5.41) is 5.75. The van der Waals surface area contributed by atoms with Gasteiger partial charge in [0.25, 0.3) is 17.7 Å². The molecule has 8 nitrogen and oxygen atoms in total. The van der Waals surface area contributed by atoms with Crippen LogP contribution in [0.3, 0.4) is 0 Å². The Bertz CT molecular complexity index is 1420. The van der Waals surface area contributed by atoms with Crippen molar-refractivity contribution >= 4 is 69.6 Å². The summed E-state index contributed by atoms with van der Waals surface area (Å²) in [4.78, 5) is 39.7. The van der Waals surface area contributed by atoms with Crippen LogP contribution in [0.25, 0.3) is 0 Å². The first-order valence-corrected chi connectivity index (χ1v) is 11.5. The second kappa shape index (κ2) is 10.5. The van der Waals surface area contributed by atoms with Crippen molar-refractivity contribution in [2.45, 2.75) is 0 Å². The van der Waals surface area contributed by atoms with Crippen LogP contribution in [0, 0.1) is 0 Å². The van der Waals surface area contributed by atoms with E-state index in [0.717, 1.165) is 4.90 Å². The molecule has 4 rings (SSSR count). The summed E-state index contributed by atoms with van der Waals surface area (Å²) >= 11 is 18.4. The van der Waals surface area contributed by atoms with E-state index in [1.54, 1.807) is 48.5 Å². The Morgan fingerprint density at radius 3 is 2.36 bits per heavy atom. The van der Waals surface area contributed by atoms with Crippen LogP contribution in [0.5, 0.6) is 11.5 Å². The molecule has 1 aliphatic heterocycles. The van der Waals surface area contributed by atoms with Crippen LogP contribution >= 0.6 is 34.8 Å². The minimum Gasteiger partial charge on any atom is -0.497 e. The third-order valence-corrected chi connectivity index (χ3v) is 6.42. The molecule has 11 heteroatoms. The van der Waals surface area contributed by atoms with Crippen LogP contribution in [-0.2, 0) is 9.59 Å². The van der Waals surface area contributed by atoms with Crippen molar-refractivity contribution in [3.05, 3.63) is 87.0 Å². The third kappa shape index (κ3) is 4.83. The van der Waals surface area contributed by atoms with Crippen LogP contribution in [0.2, 0.25) is 10.0 Å². The molecule has 2 N–H and O–H groups in total. The average molecular weight is 547 g/mol. The van der Waals surface area contributed by atoms with Gasteiger partial charge in [0.1, 0.15) is 22.2 Å². The number of rotatable bonds is 7. The van der Waals surface area contributed by atoms with E-state index in [-0.39, 0.29) is 32.8 Å². The number of hydrogen-bond donors (Lipinski definition) is 2. The van der Waals surface area contributed by atoms with E-state index in [2.05, 4.69) is 10.6 Å². The molecule has 0 atom stereocenters. The molecule has 0 radical (unpaired) electrons. The number of halogens is 3. The van der Waals surface area contributed by atoms with Crippen LogP contribution in [0.1, 0.15) is 10.4 Å². The minimum atomic E-state index is -0.725. The number of benzene rings is 3. The van der Waals surface area contributed by atoms with Crippen molar-refractivity contribution in [1.29, 1.82) is 0 Å². The maximum absolute atomic E-state index is 13.2. The summed E-state index contributed by atoms with van der Waals surface area (Å²) in [6.07, 6.45) is 0. The first-order chi connectivity index (χ1) is 17.2. The number of nitrogens with one attached hydrogen (secondary N) is 2. The Kier molecular flexibility index (Phi) is 7.40. The van der Waals surface area contributed by atoms with E-state index < -0.39 is 17.7 Å². The van der Waals surface area contributed by atoms with Crippen molar-refractivity contribution in [3.63, 3.8) is 0 Å². The number of nitrogens with zero attached hydrogens (tertiary/aromatic N) is 1. The molecule has 0 bridgehead atoms. The normalized spacial score (nSPS) is 13.2. The molecular weight excluding hydrogens is 529 g/mol. The quantitative estimate of drug-likeness (QED) is 0.369. The Morgan fingerprint density at radius 1 is 0.889 bits per heavy atom. The van der Waals surface area contributed by atoms with Crippen LogP contribution in [0.4, 0.5) is 17.1 Å². The highest BCUT2D eigenvalue weighted by molar-refractivity contribution is 6.53. The highest BCUT2D eigenvalue weighted by Crippen LogP contribution is 2.38. The molecule has 3 aromatic rings. The van der Waals surface area contributed by atoms with Gasteiger partial charge in [-0.3, -0.25) is 14.4 Å². The fraction of sp³-hybridized carbons (Fsp3) is 0.0800. The Labute approximate surface area is 221 Å². The van der Waals surface area contributed by atoms with Gasteiger partial charge in [-0.15, -0.1) is 0 Å². The minimum absolute atomic E-state index is 0.144. The predicted molar refractivity (Wildman–Crippen MR) is 139 cm³/mol. The van der Waals surface area contributed by atoms with Gasteiger partial charge in [-0.25, -0.2) is 4.90 Å². The topological polar surface area (TPSA) is 97.0 Å². The maximum atomic E-state index is 13.2. The van der Waals surface area contributed by atoms with Gasteiger partial charge >= 0.3 is 0 Å². The molecule has 1 aliphatic rings. The van der Waals surface area contributed by atoms with E-state index in [4.69, 9.17) is 44.3 Å². The highest BCUT2D eigenvalue weighted by Gasteiger charge is 2.40. The molecule has 0 aliphatic carbocycles. The molecule has 184 valence electrons. The van der Waals surface area contributed by atoms with E-state index in [0.29, 0.717) is 22.1 Å². The molecule has 36 heavy (non-hydrogen) atoms. The molecule has 0 saturated carbocycles. The van der Waals surface area contributed by atoms with Crippen LogP contribution < -0.4 is 25.0 Å². The smallest absolute Gasteiger partial charge is 0.283 e. The van der Waals surface area contributed by atoms with Gasteiger partial charge in [0.2, 0.25) is 0 Å². The Balaban J connectivity index is 1.57. The number of methoxy groups -OCH3 is 2. The second-order valence-corrected chi connectivity index (χ2v) is 8.60. The third-order valence-electron chi connectivity index (χ3n) is 5.25. The Hall–Kier alpha value is -3.72. The molecule has 3 amide bonds. The predicted octanol–water partition coefficient (Wildman–Crippen LogP) is 5.70. The number of imide groups is 1. The van der Waals surface area contributed by atoms with Crippen molar-refractivity contribution in [2.75, 3.05) is 29.8 Å². The summed E-state index contributed by atoms with van der Waals surface area (Å²) in [5.74, 6) is -1.13. The van der Waals surface area contributed by atoms with Crippen molar-refractivity contribution in [2.24, 2.45) is 0 Å². The van der Waals surface area contributed by atoms with Gasteiger partial charge < -0.3 is 20.1 Å². The number of ether oxygens (including phenoxy) is 2. The lowest BCUT2D eigenvalue weighted by Crippen LogP contribution is -2.32. The fourth-order valence-corrected chi connectivity index (χ4v) is 4.04. The molecule has 0 aromatic heterocycles. The van der Waals surface area contributed by atoms with Crippen molar-refractivity contribution in [3.8, 4) is 11.5 Å². The molecule has 3 aromatic carbocycles. The Morgan fingerprint density at radius 2 is 1.64 bits per heavy atom. The lowest BCUT2D eigenvalue weighted by Gasteiger charge is -2.18. The average Bonchev–Trinajstić information content (AvgIpc) is 3.09. The van der Waals surface area contributed by atoms with Gasteiger partial charge in [-0.2, -0.15) is 0 Å². The summed E-state index contributed by atoms with van der Waals surface area (Å²) < 4.78 is 10.5. The first-order valence-electron chi connectivity index (χ1n) is 10.4. The van der Waals surface area contributed by atoms with E-state index in [1.165, 1.54) is 26.4 Å². The standard InChI is InChI=1S/C25H18Cl3N3O5/c1-35-15-9-10-18(19(12-15)36-2)31-24(33)21(28)22(25(31)34)29-14-6-3-5-13(11-14)23(32)30-17-8-4-7-16(26)20(17)27/h3-12,29H,1-2H3,(H,30,32). The SMILES string of the molecule is COc1ccc(N2C(=O)C(Cl)=C(Nc3cccc(C(=O)Nc4cccc(Cl)c4Cl)c3)C2=O)c(OC)c1. The number of carbonyl (C=O) groups is 3. The van der Waals surface area contributed by atoms with Crippen LogP contribution in [0.15, 0.2) is 71.4 Å². The summed E-state index contributed by atoms with van der Waals surface area (Å²) in [5.41, 5.74) is 1.03. The number of anilines is 3. The summed E-state index contributed by atoms with van der Waals surface area (Å²) in [6, 6.07) is 15.8. The first kappa shape index (κ1) is 25.4. The molecule has 0 unspecified atom stereocenters. The highest BCUT2D eigenvalue weighted by atomic mass is 35.5. The van der Waals surface area contributed by atoms with Gasteiger partial charge in [0, 0.05) is 17.3 Å². The zero-order chi connectivity index (χ0) is 26.0. The van der Waals surface area contributed by atoms with E-state index in [9.17, 15) is 14.4 Å². The van der Waals surface area contributed by atoms with Gasteiger partial charge in [-0.1, -0.05) is 46.9 Å². The fourth-order valence-electron chi connectivity index (χ4n) is 3.48. The van der Waals surface area contributed by atoms with Crippen LogP contribution in [-0.4, -0.2) is 31.9 Å². The monoisotopic (exact) mass is 545 g/mol. The number of amides is 3. The van der Waals surface area contributed by atoms with Gasteiger partial charge in [-0.05, 0) is 42.5 Å². The van der Waals surface area contributed by atoms with E-state index in [1.807, 2.05) is 0 Å². The maximum Gasteiger partial charge on any atom is 0.283 e. The molecule has 0 saturated heterocycles. The van der Waals surface area contributed by atoms with E-state index >= 15 is 0 Å². The molecule has 0 spiro atoms. The second-order valence-electron chi connectivity index (χ2n) is 7.43. The molecular formula is C25H18Cl3N3O5. The zero-order valence-corrected chi connectivity index (χ0v) is 21.2. The molecule has 1 heterocycles. The van der Waals surface area contributed by atoms with Gasteiger partial charge in [0.15, 0.2) is 0 Å². The largest absolute Gasteiger partial charge is 0.497 e. The van der Waals surface area contributed by atoms with Crippen molar-refractivity contribution < 1.29 is 23.9 Å². The summed E-state index contributed by atoms with van der Waals surface area (Å²) in [7, 11) is 2.89. The summed E-state index contributed by atoms with van der Waals surface area (Å²) in [6.45, 7) is 0. The lowest BCUT2D eigenvalue weighted by molar-refractivity contribution is -0.120. The zero-order valence-electron chi connectivity index (χ0n) is 18.9. The number of hydrogen-bond acceptors (Lipinski definition) is 6. The lowest BCUT2D eigenvalue weighted by atomic mass is 10.1. The van der Waals surface area contributed by atoms with Crippen molar-refractivity contribution in [1.82, 2.24) is 0 Å². The molecule has 0 fully saturated rings. The van der Waals surface area contributed by atoms with Gasteiger partial charge in [0.05, 0.1) is 35.6 Å². The number of carbonyl (C=O) groups excluding carboxylic acids is 3.